The molecule has 2 heterocycles. The van der Waals surface area contributed by atoms with Crippen LogP contribution in [0.1, 0.15) is 13.8 Å². The van der Waals surface area contributed by atoms with Crippen LogP contribution in [0, 0.1) is 0 Å². The second kappa shape index (κ2) is 5.48. The van der Waals surface area contributed by atoms with Crippen molar-refractivity contribution in [3.8, 4) is 0 Å². The highest BCUT2D eigenvalue weighted by molar-refractivity contribution is 6.35. The van der Waals surface area contributed by atoms with Crippen molar-refractivity contribution >= 4 is 23.2 Å². The van der Waals surface area contributed by atoms with Gasteiger partial charge in [-0.3, -0.25) is 4.90 Å². The third-order valence-corrected chi connectivity index (χ3v) is 3.90. The minimum absolute atomic E-state index is 0.0516. The Morgan fingerprint density at radius 2 is 2.16 bits per heavy atom. The number of β-amino-alcohol motifs (C(OH)–C–C–N with tert-alkyl or cyclic N) is 1. The molecule has 6 nitrogen and oxygen atoms in total. The van der Waals surface area contributed by atoms with Crippen LogP contribution in [-0.2, 0) is 0 Å². The van der Waals surface area contributed by atoms with Crippen molar-refractivity contribution < 1.29 is 5.11 Å². The van der Waals surface area contributed by atoms with Crippen molar-refractivity contribution in [2.45, 2.75) is 19.4 Å². The molecule has 1 saturated heterocycles. The number of nitrogens with two attached hydrogens (primary N) is 1. The van der Waals surface area contributed by atoms with Crippen LogP contribution in [0.3, 0.4) is 0 Å². The predicted molar refractivity (Wildman–Crippen MR) is 76.4 cm³/mol. The van der Waals surface area contributed by atoms with Crippen LogP contribution >= 0.6 is 11.6 Å². The molecule has 1 aromatic rings. The van der Waals surface area contributed by atoms with E-state index in [0.29, 0.717) is 23.2 Å². The fourth-order valence-electron chi connectivity index (χ4n) is 2.50. The van der Waals surface area contributed by atoms with Gasteiger partial charge in [-0.2, -0.15) is 0 Å². The highest BCUT2D eigenvalue weighted by atomic mass is 35.5. The van der Waals surface area contributed by atoms with Gasteiger partial charge in [0.1, 0.15) is 17.2 Å². The van der Waals surface area contributed by atoms with E-state index >= 15 is 0 Å². The lowest BCUT2D eigenvalue weighted by molar-refractivity contribution is 0.0810. The van der Waals surface area contributed by atoms with Gasteiger partial charge >= 0.3 is 0 Å². The Morgan fingerprint density at radius 3 is 2.79 bits per heavy atom. The van der Waals surface area contributed by atoms with E-state index in [1.807, 2.05) is 0 Å². The maximum Gasteiger partial charge on any atom is 0.153 e. The summed E-state index contributed by atoms with van der Waals surface area (Å²) in [7, 11) is 0. The first kappa shape index (κ1) is 14.3. The Kier molecular flexibility index (Phi) is 4.13. The number of aromatic nitrogens is 2. The number of aliphatic hydroxyl groups is 1. The summed E-state index contributed by atoms with van der Waals surface area (Å²) in [6.45, 7) is 7.59. The molecule has 106 valence electrons. The lowest BCUT2D eigenvalue weighted by atomic mass is 9.99. The Bertz CT molecular complexity index is 454. The zero-order valence-corrected chi connectivity index (χ0v) is 12.1. The summed E-state index contributed by atoms with van der Waals surface area (Å²) in [6, 6.07) is 0. The molecule has 0 spiro atoms. The van der Waals surface area contributed by atoms with Gasteiger partial charge in [0.05, 0.1) is 6.61 Å². The average Bonchev–Trinajstić information content (AvgIpc) is 2.35. The lowest BCUT2D eigenvalue weighted by Gasteiger charge is -2.47. The van der Waals surface area contributed by atoms with Crippen molar-refractivity contribution in [1.82, 2.24) is 14.9 Å². The summed E-state index contributed by atoms with van der Waals surface area (Å²) in [6.07, 6.45) is 1.43. The number of piperazine rings is 1. The van der Waals surface area contributed by atoms with Crippen molar-refractivity contribution in [3.05, 3.63) is 11.3 Å². The van der Waals surface area contributed by atoms with Gasteiger partial charge < -0.3 is 15.7 Å². The first-order valence-electron chi connectivity index (χ1n) is 6.32. The van der Waals surface area contributed by atoms with Gasteiger partial charge in [0.25, 0.3) is 0 Å². The van der Waals surface area contributed by atoms with E-state index in [4.69, 9.17) is 22.4 Å². The highest BCUT2D eigenvalue weighted by Gasteiger charge is 2.34. The van der Waals surface area contributed by atoms with Gasteiger partial charge in [0.15, 0.2) is 5.82 Å². The number of nitrogens with zero attached hydrogens (tertiary/aromatic N) is 4. The van der Waals surface area contributed by atoms with E-state index in [-0.39, 0.29) is 12.1 Å². The van der Waals surface area contributed by atoms with Gasteiger partial charge in [-0.1, -0.05) is 11.6 Å². The standard InChI is InChI=1S/C12H20ClN5O/c1-12(2)7-17(3-4-18(12)5-6-19)11-9(13)10(14)15-8-16-11/h8,19H,3-7H2,1-2H3,(H2,14,15,16). The molecule has 3 N–H and O–H groups in total. The van der Waals surface area contributed by atoms with Gasteiger partial charge in [-0.15, -0.1) is 0 Å². The van der Waals surface area contributed by atoms with Crippen LogP contribution in [0.15, 0.2) is 6.33 Å². The van der Waals surface area contributed by atoms with Crippen molar-refractivity contribution in [3.63, 3.8) is 0 Å². The average molecular weight is 286 g/mol. The number of rotatable bonds is 3. The van der Waals surface area contributed by atoms with E-state index in [2.05, 4.69) is 33.6 Å². The zero-order valence-electron chi connectivity index (χ0n) is 11.3. The maximum atomic E-state index is 9.10. The van der Waals surface area contributed by atoms with Gasteiger partial charge in [0.2, 0.25) is 0 Å². The molecule has 1 aliphatic heterocycles. The molecule has 0 atom stereocenters. The number of hydrogen-bond donors (Lipinski definition) is 2. The number of aliphatic hydroxyl groups excluding tert-OH is 1. The van der Waals surface area contributed by atoms with Gasteiger partial charge in [-0.05, 0) is 13.8 Å². The summed E-state index contributed by atoms with van der Waals surface area (Å²) >= 11 is 6.17. The van der Waals surface area contributed by atoms with E-state index in [9.17, 15) is 0 Å². The Labute approximate surface area is 118 Å². The molecule has 7 heteroatoms. The third kappa shape index (κ3) is 2.91. The van der Waals surface area contributed by atoms with Gasteiger partial charge in [-0.25, -0.2) is 9.97 Å². The zero-order chi connectivity index (χ0) is 14.0. The quantitative estimate of drug-likeness (QED) is 0.847. The van der Waals surface area contributed by atoms with Crippen LogP contribution < -0.4 is 10.6 Å². The Morgan fingerprint density at radius 1 is 1.42 bits per heavy atom. The number of halogens is 1. The summed E-state index contributed by atoms with van der Waals surface area (Å²) in [5.41, 5.74) is 5.67. The fourth-order valence-corrected chi connectivity index (χ4v) is 2.72. The van der Waals surface area contributed by atoms with E-state index in [1.165, 1.54) is 6.33 Å². The fraction of sp³-hybridized carbons (Fsp3) is 0.667. The van der Waals surface area contributed by atoms with Crippen LogP contribution in [0.25, 0.3) is 0 Å². The molecule has 0 amide bonds. The molecule has 1 fully saturated rings. The Hall–Kier alpha value is -1.11. The normalized spacial score (nSPS) is 19.7. The largest absolute Gasteiger partial charge is 0.395 e. The maximum absolute atomic E-state index is 9.10. The smallest absolute Gasteiger partial charge is 0.153 e. The van der Waals surface area contributed by atoms with Crippen LogP contribution in [0.2, 0.25) is 5.02 Å². The number of nitrogen functional groups attached to an aromatic ring is 1. The third-order valence-electron chi connectivity index (χ3n) is 3.54. The minimum Gasteiger partial charge on any atom is -0.395 e. The van der Waals surface area contributed by atoms with Gasteiger partial charge in [0, 0.05) is 31.7 Å². The lowest BCUT2D eigenvalue weighted by Crippen LogP contribution is -2.60. The van der Waals surface area contributed by atoms with Crippen LogP contribution in [0.5, 0.6) is 0 Å². The van der Waals surface area contributed by atoms with Crippen molar-refractivity contribution in [1.29, 1.82) is 0 Å². The number of anilines is 2. The SMILES string of the molecule is CC1(C)CN(c2ncnc(N)c2Cl)CCN1CCO. The van der Waals surface area contributed by atoms with Crippen LogP contribution in [-0.4, -0.2) is 58.3 Å². The van der Waals surface area contributed by atoms with E-state index < -0.39 is 0 Å². The minimum atomic E-state index is -0.0516. The highest BCUT2D eigenvalue weighted by Crippen LogP contribution is 2.30. The summed E-state index contributed by atoms with van der Waals surface area (Å²) in [5.74, 6) is 0.994. The summed E-state index contributed by atoms with van der Waals surface area (Å²) < 4.78 is 0. The molecule has 0 unspecified atom stereocenters. The van der Waals surface area contributed by atoms with E-state index in [0.717, 1.165) is 19.6 Å². The molecule has 0 saturated carbocycles. The topological polar surface area (TPSA) is 78.5 Å². The molecule has 0 aliphatic carbocycles. The summed E-state index contributed by atoms with van der Waals surface area (Å²) in [5, 5.41) is 9.51. The predicted octanol–water partition coefficient (Wildman–Crippen LogP) is 0.605. The molecule has 0 radical (unpaired) electrons. The van der Waals surface area contributed by atoms with E-state index in [1.54, 1.807) is 0 Å². The molecule has 0 bridgehead atoms. The summed E-state index contributed by atoms with van der Waals surface area (Å²) in [4.78, 5) is 12.5. The molecule has 2 rings (SSSR count). The molecule has 0 aromatic carbocycles. The molecular weight excluding hydrogens is 266 g/mol. The second-order valence-electron chi connectivity index (χ2n) is 5.34. The first-order chi connectivity index (χ1) is 8.95. The molecule has 1 aromatic heterocycles. The Balaban J connectivity index is 2.19. The first-order valence-corrected chi connectivity index (χ1v) is 6.70. The van der Waals surface area contributed by atoms with Crippen molar-refractivity contribution in [2.75, 3.05) is 43.4 Å². The molecular formula is C12H20ClN5O. The monoisotopic (exact) mass is 285 g/mol. The second-order valence-corrected chi connectivity index (χ2v) is 5.72. The number of hydrogen-bond acceptors (Lipinski definition) is 6. The van der Waals surface area contributed by atoms with Crippen molar-refractivity contribution in [2.24, 2.45) is 0 Å². The molecule has 19 heavy (non-hydrogen) atoms. The van der Waals surface area contributed by atoms with Crippen LogP contribution in [0.4, 0.5) is 11.6 Å². The molecule has 1 aliphatic rings.